The second kappa shape index (κ2) is 3.95. The summed E-state index contributed by atoms with van der Waals surface area (Å²) in [6.45, 7) is 0. The van der Waals surface area contributed by atoms with Crippen LogP contribution in [0.15, 0.2) is 23.1 Å². The summed E-state index contributed by atoms with van der Waals surface area (Å²) in [4.78, 5) is 25.9. The number of hydrogen-bond acceptors (Lipinski definition) is 5. The molecule has 92 valence electrons. The molecular formula is C10H7N2O5S+. The van der Waals surface area contributed by atoms with Gasteiger partial charge in [-0.3, -0.25) is 14.1 Å². The van der Waals surface area contributed by atoms with Crippen LogP contribution in [0.4, 0.5) is 0 Å². The minimum Gasteiger partial charge on any atom is -0.293 e. The van der Waals surface area contributed by atoms with E-state index in [1.54, 1.807) is 0 Å². The molecule has 0 aromatic heterocycles. The van der Waals surface area contributed by atoms with Crippen LogP contribution in [0.25, 0.3) is 0 Å². The van der Waals surface area contributed by atoms with Gasteiger partial charge in [0.1, 0.15) is 11.3 Å². The fourth-order valence-electron chi connectivity index (χ4n) is 1.79. The summed E-state index contributed by atoms with van der Waals surface area (Å²) in [6.07, 6.45) is -0.443. The van der Waals surface area contributed by atoms with Crippen molar-refractivity contribution in [2.24, 2.45) is 0 Å². The lowest BCUT2D eigenvalue weighted by Gasteiger charge is -2.12. The lowest BCUT2D eigenvalue weighted by atomic mass is 9.88. The number of hydrogen-bond donors (Lipinski definition) is 2. The SMILES string of the molecule is N=[N+]=C1CC(=O)c2c(cccc2S(=O)(=O)O)C1=O. The highest BCUT2D eigenvalue weighted by Gasteiger charge is 2.39. The molecule has 1 aliphatic carbocycles. The molecule has 1 aromatic carbocycles. The maximum atomic E-state index is 11.8. The van der Waals surface area contributed by atoms with Crippen LogP contribution in [0.3, 0.4) is 0 Å². The van der Waals surface area contributed by atoms with Crippen LogP contribution in [0.1, 0.15) is 27.1 Å². The molecule has 1 aromatic rings. The van der Waals surface area contributed by atoms with Gasteiger partial charge in [-0.15, -0.1) is 0 Å². The van der Waals surface area contributed by atoms with Crippen molar-refractivity contribution in [3.05, 3.63) is 29.3 Å². The summed E-state index contributed by atoms with van der Waals surface area (Å²) < 4.78 is 31.3. The number of nitrogens with one attached hydrogen (secondary N) is 1. The van der Waals surface area contributed by atoms with E-state index < -0.39 is 33.0 Å². The molecule has 0 radical (unpaired) electrons. The minimum absolute atomic E-state index is 0.160. The third-order valence-electron chi connectivity index (χ3n) is 2.55. The molecule has 0 heterocycles. The van der Waals surface area contributed by atoms with Gasteiger partial charge in [0.2, 0.25) is 0 Å². The lowest BCUT2D eigenvalue weighted by molar-refractivity contribution is -0.120. The largest absolute Gasteiger partial charge is 0.396 e. The number of rotatable bonds is 1. The van der Waals surface area contributed by atoms with Gasteiger partial charge in [-0.05, 0) is 12.1 Å². The fourth-order valence-corrected chi connectivity index (χ4v) is 2.52. The zero-order chi connectivity index (χ0) is 13.5. The third-order valence-corrected chi connectivity index (χ3v) is 3.45. The van der Waals surface area contributed by atoms with Crippen molar-refractivity contribution < 1.29 is 27.3 Å². The number of benzene rings is 1. The van der Waals surface area contributed by atoms with Gasteiger partial charge in [0.15, 0.2) is 5.78 Å². The van der Waals surface area contributed by atoms with Gasteiger partial charge in [-0.1, -0.05) is 6.07 Å². The van der Waals surface area contributed by atoms with E-state index in [1.165, 1.54) is 12.1 Å². The summed E-state index contributed by atoms with van der Waals surface area (Å²) in [5.41, 5.74) is 6.04. The first-order valence-corrected chi connectivity index (χ1v) is 6.22. The first-order chi connectivity index (χ1) is 8.36. The van der Waals surface area contributed by atoms with E-state index in [0.29, 0.717) is 0 Å². The van der Waals surface area contributed by atoms with Gasteiger partial charge in [0, 0.05) is 5.56 Å². The Balaban J connectivity index is 2.84. The van der Waals surface area contributed by atoms with E-state index in [9.17, 15) is 18.0 Å². The maximum Gasteiger partial charge on any atom is 0.396 e. The fraction of sp³-hybridized carbons (Fsp3) is 0.100. The van der Waals surface area contributed by atoms with E-state index in [1.807, 2.05) is 0 Å². The highest BCUT2D eigenvalue weighted by Crippen LogP contribution is 2.26. The first-order valence-electron chi connectivity index (χ1n) is 4.78. The molecule has 2 rings (SSSR count). The standard InChI is InChI=1S/C10H6N2O5S/c11-12-6-4-7(13)9-5(10(6)14)2-1-3-8(9)18(15,16)17/h1-3,11H,4H2/p+1. The Labute approximate surface area is 101 Å². The monoisotopic (exact) mass is 267 g/mol. The molecule has 0 saturated carbocycles. The quantitative estimate of drug-likeness (QED) is 0.432. The Morgan fingerprint density at radius 2 is 1.94 bits per heavy atom. The van der Waals surface area contributed by atoms with Crippen LogP contribution < -0.4 is 0 Å². The van der Waals surface area contributed by atoms with Crippen molar-refractivity contribution in [3.63, 3.8) is 0 Å². The zero-order valence-corrected chi connectivity index (χ0v) is 9.69. The molecule has 18 heavy (non-hydrogen) atoms. The highest BCUT2D eigenvalue weighted by molar-refractivity contribution is 7.86. The number of Topliss-reactive ketones (excluding diaryl/α,β-unsaturated/α-hetero) is 2. The average molecular weight is 267 g/mol. The first kappa shape index (κ1) is 12.3. The topological polar surface area (TPSA) is 126 Å². The van der Waals surface area contributed by atoms with Gasteiger partial charge in [-0.2, -0.15) is 8.42 Å². The Bertz CT molecular complexity index is 729. The van der Waals surface area contributed by atoms with Crippen LogP contribution in [0, 0.1) is 5.53 Å². The summed E-state index contributed by atoms with van der Waals surface area (Å²) in [5, 5.41) is 0. The van der Waals surface area contributed by atoms with Gasteiger partial charge in [0.25, 0.3) is 15.9 Å². The predicted octanol–water partition coefficient (Wildman–Crippen LogP) is 0.383. The Morgan fingerprint density at radius 3 is 2.50 bits per heavy atom. The van der Waals surface area contributed by atoms with E-state index >= 15 is 0 Å². The molecule has 7 nitrogen and oxygen atoms in total. The summed E-state index contributed by atoms with van der Waals surface area (Å²) in [7, 11) is -4.58. The van der Waals surface area contributed by atoms with Gasteiger partial charge < -0.3 is 0 Å². The number of ketones is 2. The smallest absolute Gasteiger partial charge is 0.293 e. The molecule has 0 unspecified atom stereocenters. The van der Waals surface area contributed by atoms with Crippen molar-refractivity contribution in [3.8, 4) is 0 Å². The lowest BCUT2D eigenvalue weighted by Crippen LogP contribution is -2.29. The molecular weight excluding hydrogens is 260 g/mol. The molecule has 0 atom stereocenters. The molecule has 0 spiro atoms. The van der Waals surface area contributed by atoms with Crippen LogP contribution >= 0.6 is 0 Å². The second-order valence-electron chi connectivity index (χ2n) is 3.64. The van der Waals surface area contributed by atoms with Gasteiger partial charge in [-0.25, -0.2) is 0 Å². The predicted molar refractivity (Wildman–Crippen MR) is 57.5 cm³/mol. The summed E-state index contributed by atoms with van der Waals surface area (Å²) in [6, 6.07) is 3.54. The molecule has 0 saturated heterocycles. The van der Waals surface area contributed by atoms with Crippen LogP contribution in [-0.2, 0) is 10.1 Å². The Hall–Kier alpha value is -2.15. The van der Waals surface area contributed by atoms with Crippen molar-refractivity contribution in [1.29, 1.82) is 5.53 Å². The summed E-state index contributed by atoms with van der Waals surface area (Å²) in [5.74, 6) is -1.34. The number of nitrogens with zero attached hydrogens (tertiary/aromatic N) is 1. The molecule has 8 heteroatoms. The van der Waals surface area contributed by atoms with E-state index in [-0.39, 0.29) is 16.8 Å². The van der Waals surface area contributed by atoms with E-state index in [0.717, 1.165) is 6.07 Å². The van der Waals surface area contributed by atoms with E-state index in [2.05, 4.69) is 4.79 Å². The van der Waals surface area contributed by atoms with Gasteiger partial charge >= 0.3 is 5.71 Å². The van der Waals surface area contributed by atoms with Crippen LogP contribution in [0.2, 0.25) is 0 Å². The zero-order valence-electron chi connectivity index (χ0n) is 8.87. The maximum absolute atomic E-state index is 11.8. The van der Waals surface area contributed by atoms with Crippen molar-refractivity contribution in [2.45, 2.75) is 11.3 Å². The van der Waals surface area contributed by atoms with Gasteiger partial charge in [0.05, 0.1) is 15.9 Å². The third kappa shape index (κ3) is 1.78. The number of carbonyl (C=O) groups is 2. The molecule has 0 bridgehead atoms. The Morgan fingerprint density at radius 1 is 1.28 bits per heavy atom. The van der Waals surface area contributed by atoms with Crippen molar-refractivity contribution in [2.75, 3.05) is 0 Å². The molecule has 0 fully saturated rings. The van der Waals surface area contributed by atoms with Crippen molar-refractivity contribution in [1.82, 2.24) is 0 Å². The van der Waals surface area contributed by atoms with Crippen LogP contribution in [0.5, 0.6) is 0 Å². The Kier molecular flexibility index (Phi) is 2.70. The molecule has 2 N–H and O–H groups in total. The molecule has 1 aliphatic rings. The molecule has 0 aliphatic heterocycles. The average Bonchev–Trinajstić information content (AvgIpc) is 2.31. The summed E-state index contributed by atoms with van der Waals surface area (Å²) >= 11 is 0. The van der Waals surface area contributed by atoms with E-state index in [4.69, 9.17) is 10.1 Å². The normalized spacial score (nSPS) is 15.3. The van der Waals surface area contributed by atoms with Crippen LogP contribution in [-0.4, -0.2) is 35.0 Å². The minimum atomic E-state index is -4.58. The number of carbonyl (C=O) groups excluding carboxylic acids is 2. The second-order valence-corrected chi connectivity index (χ2v) is 5.03. The highest BCUT2D eigenvalue weighted by atomic mass is 32.2. The molecule has 0 amide bonds. The number of fused-ring (bicyclic) bond motifs is 1. The van der Waals surface area contributed by atoms with Crippen molar-refractivity contribution >= 4 is 27.4 Å².